The second-order valence-electron chi connectivity index (χ2n) is 4.27. The third kappa shape index (κ3) is 2.34. The minimum Gasteiger partial charge on any atom is -0.496 e. The van der Waals surface area contributed by atoms with Crippen LogP contribution in [0, 0.1) is 13.8 Å². The lowest BCUT2D eigenvalue weighted by Gasteiger charge is -2.23. The average Bonchev–Trinajstić information content (AvgIpc) is 2.12. The van der Waals surface area contributed by atoms with Crippen LogP contribution in [0.5, 0.6) is 5.75 Å². The van der Waals surface area contributed by atoms with E-state index < -0.39 is 5.60 Å². The molecule has 0 radical (unpaired) electrons. The summed E-state index contributed by atoms with van der Waals surface area (Å²) in [6.07, 6.45) is 0. The first-order valence-electron chi connectivity index (χ1n) is 4.85. The zero-order valence-electron chi connectivity index (χ0n) is 9.81. The van der Waals surface area contributed by atoms with E-state index in [-0.39, 0.29) is 0 Å². The summed E-state index contributed by atoms with van der Waals surface area (Å²) in [5.74, 6) is 0.750. The van der Waals surface area contributed by atoms with E-state index in [9.17, 15) is 5.11 Å². The summed E-state index contributed by atoms with van der Waals surface area (Å²) in [4.78, 5) is 0. The summed E-state index contributed by atoms with van der Waals surface area (Å²) in [6, 6.07) is 1.95. The molecule has 1 aromatic rings. The largest absolute Gasteiger partial charge is 0.496 e. The van der Waals surface area contributed by atoms with Crippen molar-refractivity contribution in [1.29, 1.82) is 0 Å². The number of hydrogen-bond donors (Lipinski definition) is 1. The summed E-state index contributed by atoms with van der Waals surface area (Å²) in [5, 5.41) is 10.0. The molecule has 0 bridgehead atoms. The van der Waals surface area contributed by atoms with Crippen molar-refractivity contribution >= 4 is 15.9 Å². The molecule has 0 saturated carbocycles. The van der Waals surface area contributed by atoms with Gasteiger partial charge < -0.3 is 9.84 Å². The number of benzene rings is 1. The molecule has 15 heavy (non-hydrogen) atoms. The number of methoxy groups -OCH3 is 1. The van der Waals surface area contributed by atoms with Gasteiger partial charge in [-0.2, -0.15) is 0 Å². The second-order valence-corrected chi connectivity index (χ2v) is 5.07. The number of hydrogen-bond acceptors (Lipinski definition) is 2. The fraction of sp³-hybridized carbons (Fsp3) is 0.500. The Morgan fingerprint density at radius 3 is 2.27 bits per heavy atom. The summed E-state index contributed by atoms with van der Waals surface area (Å²) in [6.45, 7) is 7.51. The van der Waals surface area contributed by atoms with Crippen molar-refractivity contribution in [2.75, 3.05) is 7.11 Å². The van der Waals surface area contributed by atoms with E-state index >= 15 is 0 Å². The number of halogens is 1. The van der Waals surface area contributed by atoms with Gasteiger partial charge >= 0.3 is 0 Å². The summed E-state index contributed by atoms with van der Waals surface area (Å²) in [5.41, 5.74) is 2.06. The molecule has 1 N–H and O–H groups in total. The van der Waals surface area contributed by atoms with E-state index in [1.807, 2.05) is 19.9 Å². The van der Waals surface area contributed by atoms with Crippen molar-refractivity contribution in [2.24, 2.45) is 0 Å². The van der Waals surface area contributed by atoms with Gasteiger partial charge in [0.1, 0.15) is 5.75 Å². The van der Waals surface area contributed by atoms with E-state index in [2.05, 4.69) is 15.9 Å². The highest BCUT2D eigenvalue weighted by atomic mass is 79.9. The fourth-order valence-corrected chi connectivity index (χ4v) is 1.95. The van der Waals surface area contributed by atoms with Gasteiger partial charge in [-0.25, -0.2) is 0 Å². The normalized spacial score (nSPS) is 11.7. The Balaban J connectivity index is 3.53. The minimum atomic E-state index is -0.887. The smallest absolute Gasteiger partial charge is 0.128 e. The number of aliphatic hydroxyl groups is 1. The van der Waals surface area contributed by atoms with Crippen LogP contribution in [-0.2, 0) is 5.60 Å². The van der Waals surface area contributed by atoms with Crippen molar-refractivity contribution < 1.29 is 9.84 Å². The highest BCUT2D eigenvalue weighted by Gasteiger charge is 2.24. The van der Waals surface area contributed by atoms with Gasteiger partial charge in [0.15, 0.2) is 0 Å². The van der Waals surface area contributed by atoms with E-state index in [1.54, 1.807) is 21.0 Å². The molecule has 0 heterocycles. The fourth-order valence-electron chi connectivity index (χ4n) is 1.66. The highest BCUT2D eigenvalue weighted by Crippen LogP contribution is 2.38. The number of ether oxygens (including phenoxy) is 1. The van der Waals surface area contributed by atoms with Crippen LogP contribution in [0.25, 0.3) is 0 Å². The predicted octanol–water partition coefficient (Wildman–Crippen LogP) is 3.30. The maximum atomic E-state index is 10.0. The number of aryl methyl sites for hydroxylation is 1. The molecule has 0 unspecified atom stereocenters. The van der Waals surface area contributed by atoms with E-state index in [0.29, 0.717) is 0 Å². The van der Waals surface area contributed by atoms with Gasteiger partial charge in [-0.05, 0) is 39.3 Å². The molecule has 2 nitrogen and oxygen atoms in total. The molecule has 0 aromatic heterocycles. The van der Waals surface area contributed by atoms with Gasteiger partial charge in [0.05, 0.1) is 12.7 Å². The van der Waals surface area contributed by atoms with Crippen molar-refractivity contribution in [3.8, 4) is 5.75 Å². The van der Waals surface area contributed by atoms with Gasteiger partial charge in [-0.3, -0.25) is 0 Å². The van der Waals surface area contributed by atoms with Gasteiger partial charge in [0.25, 0.3) is 0 Å². The van der Waals surface area contributed by atoms with Gasteiger partial charge in [-0.15, -0.1) is 0 Å². The summed E-state index contributed by atoms with van der Waals surface area (Å²) in [7, 11) is 1.62. The van der Waals surface area contributed by atoms with Crippen molar-refractivity contribution in [3.63, 3.8) is 0 Å². The Kier molecular flexibility index (Phi) is 3.46. The lowest BCUT2D eigenvalue weighted by molar-refractivity contribution is 0.0754. The van der Waals surface area contributed by atoms with Crippen LogP contribution in [0.4, 0.5) is 0 Å². The van der Waals surface area contributed by atoms with Crippen LogP contribution in [-0.4, -0.2) is 12.2 Å². The monoisotopic (exact) mass is 272 g/mol. The van der Waals surface area contributed by atoms with Crippen LogP contribution in [0.2, 0.25) is 0 Å². The molecule has 0 amide bonds. The van der Waals surface area contributed by atoms with Gasteiger partial charge in [0, 0.05) is 15.6 Å². The summed E-state index contributed by atoms with van der Waals surface area (Å²) < 4.78 is 6.38. The topological polar surface area (TPSA) is 29.5 Å². The van der Waals surface area contributed by atoms with Crippen molar-refractivity contribution in [1.82, 2.24) is 0 Å². The van der Waals surface area contributed by atoms with Crippen LogP contribution < -0.4 is 4.74 Å². The Bertz CT molecular complexity index is 378. The lowest BCUT2D eigenvalue weighted by atomic mass is 9.93. The third-order valence-electron chi connectivity index (χ3n) is 2.48. The first kappa shape index (κ1) is 12.5. The molecule has 1 aromatic carbocycles. The first-order valence-corrected chi connectivity index (χ1v) is 5.65. The van der Waals surface area contributed by atoms with Gasteiger partial charge in [0.2, 0.25) is 0 Å². The second kappa shape index (κ2) is 4.14. The van der Waals surface area contributed by atoms with Crippen LogP contribution in [0.1, 0.15) is 30.5 Å². The van der Waals surface area contributed by atoms with E-state index in [0.717, 1.165) is 26.9 Å². The molecule has 84 valence electrons. The molecule has 0 aliphatic heterocycles. The standard InChI is InChI=1S/C12H17BrO2/c1-7-6-9(12(3,4)14)11(15-5)8(2)10(7)13/h6,14H,1-5H3. The Morgan fingerprint density at radius 2 is 1.87 bits per heavy atom. The predicted molar refractivity (Wildman–Crippen MR) is 65.4 cm³/mol. The maximum Gasteiger partial charge on any atom is 0.128 e. The summed E-state index contributed by atoms with van der Waals surface area (Å²) >= 11 is 3.51. The molecule has 3 heteroatoms. The zero-order chi connectivity index (χ0) is 11.8. The molecular formula is C12H17BrO2. The molecule has 0 aliphatic rings. The maximum absolute atomic E-state index is 10.0. The number of rotatable bonds is 2. The minimum absolute atomic E-state index is 0.750. The Hall–Kier alpha value is -0.540. The van der Waals surface area contributed by atoms with Crippen molar-refractivity contribution in [2.45, 2.75) is 33.3 Å². The molecule has 0 aliphatic carbocycles. The average molecular weight is 273 g/mol. The molecule has 0 spiro atoms. The molecule has 0 saturated heterocycles. The van der Waals surface area contributed by atoms with E-state index in [1.165, 1.54) is 0 Å². The Morgan fingerprint density at radius 1 is 1.33 bits per heavy atom. The van der Waals surface area contributed by atoms with Crippen LogP contribution in [0.3, 0.4) is 0 Å². The third-order valence-corrected chi connectivity index (χ3v) is 3.70. The molecular weight excluding hydrogens is 256 g/mol. The molecule has 1 rings (SSSR count). The SMILES string of the molecule is COc1c(C(C)(C)O)cc(C)c(Br)c1C. The lowest BCUT2D eigenvalue weighted by Crippen LogP contribution is -2.17. The highest BCUT2D eigenvalue weighted by molar-refractivity contribution is 9.10. The van der Waals surface area contributed by atoms with E-state index in [4.69, 9.17) is 4.74 Å². The molecule has 0 fully saturated rings. The molecule has 0 atom stereocenters. The van der Waals surface area contributed by atoms with Crippen LogP contribution >= 0.6 is 15.9 Å². The quantitative estimate of drug-likeness (QED) is 0.895. The zero-order valence-corrected chi connectivity index (χ0v) is 11.4. The van der Waals surface area contributed by atoms with Crippen molar-refractivity contribution in [3.05, 3.63) is 27.2 Å². The Labute approximate surface area is 99.4 Å². The van der Waals surface area contributed by atoms with Gasteiger partial charge in [-0.1, -0.05) is 15.9 Å². The first-order chi connectivity index (χ1) is 6.79. The van der Waals surface area contributed by atoms with Crippen LogP contribution in [0.15, 0.2) is 10.5 Å².